The fraction of sp³-hybridized carbons (Fsp3) is 0. The first-order valence-corrected chi connectivity index (χ1v) is 17.4. The maximum absolute atomic E-state index is 6.50. The van der Waals surface area contributed by atoms with Crippen LogP contribution >= 0.6 is 11.3 Å². The zero-order chi connectivity index (χ0) is 32.3. The van der Waals surface area contributed by atoms with Gasteiger partial charge in [-0.15, -0.1) is 11.3 Å². The number of hydrogen-bond acceptors (Lipinski definition) is 3. The standard InChI is InChI=1S/C46H29NOS/c1-2-10-30(11-3-1)33-13-8-14-35(28-33)47(36-25-27-40-39-16-6-7-19-43(39)49-44(40)29-36)34-23-20-32(21-24-34)37-17-9-18-42-45(37)41-26-22-31-12-4-5-15-38(31)46(41)48-42/h1-29H. The average Bonchev–Trinajstić information content (AvgIpc) is 3.74. The fourth-order valence-electron chi connectivity index (χ4n) is 7.34. The summed E-state index contributed by atoms with van der Waals surface area (Å²) in [5, 5.41) is 7.23. The topological polar surface area (TPSA) is 16.4 Å². The molecule has 0 atom stereocenters. The molecule has 0 fully saturated rings. The van der Waals surface area contributed by atoms with Crippen LogP contribution < -0.4 is 4.90 Å². The van der Waals surface area contributed by atoms with Gasteiger partial charge in [0.2, 0.25) is 0 Å². The molecule has 0 radical (unpaired) electrons. The van der Waals surface area contributed by atoms with Crippen molar-refractivity contribution in [1.29, 1.82) is 0 Å². The summed E-state index contributed by atoms with van der Waals surface area (Å²) >= 11 is 1.85. The minimum Gasteiger partial charge on any atom is -0.455 e. The lowest BCUT2D eigenvalue weighted by Gasteiger charge is -2.26. The predicted molar refractivity (Wildman–Crippen MR) is 210 cm³/mol. The molecule has 0 N–H and O–H groups in total. The lowest BCUT2D eigenvalue weighted by Crippen LogP contribution is -2.09. The monoisotopic (exact) mass is 643 g/mol. The van der Waals surface area contributed by atoms with Gasteiger partial charge < -0.3 is 9.32 Å². The highest BCUT2D eigenvalue weighted by atomic mass is 32.1. The lowest BCUT2D eigenvalue weighted by molar-refractivity contribution is 0.673. The van der Waals surface area contributed by atoms with Crippen LogP contribution in [0.2, 0.25) is 0 Å². The molecule has 8 aromatic carbocycles. The maximum atomic E-state index is 6.50. The van der Waals surface area contributed by atoms with Crippen molar-refractivity contribution in [2.75, 3.05) is 4.90 Å². The molecular weight excluding hydrogens is 615 g/mol. The highest BCUT2D eigenvalue weighted by Crippen LogP contribution is 2.43. The number of fused-ring (bicyclic) bond motifs is 8. The molecule has 10 aromatic rings. The molecule has 0 aliphatic rings. The summed E-state index contributed by atoms with van der Waals surface area (Å²) in [7, 11) is 0. The Morgan fingerprint density at radius 2 is 1.10 bits per heavy atom. The van der Waals surface area contributed by atoms with Crippen LogP contribution in [0.4, 0.5) is 17.1 Å². The molecular formula is C46H29NOS. The number of furan rings is 1. The van der Waals surface area contributed by atoms with Crippen LogP contribution in [0.1, 0.15) is 0 Å². The van der Waals surface area contributed by atoms with E-state index in [1.165, 1.54) is 42.2 Å². The first-order chi connectivity index (χ1) is 24.3. The maximum Gasteiger partial charge on any atom is 0.143 e. The van der Waals surface area contributed by atoms with E-state index in [1.807, 2.05) is 11.3 Å². The van der Waals surface area contributed by atoms with Crippen LogP contribution in [0.5, 0.6) is 0 Å². The molecule has 2 nitrogen and oxygen atoms in total. The zero-order valence-corrected chi connectivity index (χ0v) is 27.3. The molecule has 0 saturated carbocycles. The molecule has 0 aliphatic heterocycles. The van der Waals surface area contributed by atoms with E-state index in [0.717, 1.165) is 50.0 Å². The van der Waals surface area contributed by atoms with Crippen LogP contribution in [0, 0.1) is 0 Å². The van der Waals surface area contributed by atoms with Gasteiger partial charge in [0.1, 0.15) is 11.2 Å². The van der Waals surface area contributed by atoms with Crippen molar-refractivity contribution in [3.63, 3.8) is 0 Å². The molecule has 0 amide bonds. The van der Waals surface area contributed by atoms with Crippen molar-refractivity contribution in [3.8, 4) is 22.3 Å². The van der Waals surface area contributed by atoms with Gasteiger partial charge in [-0.2, -0.15) is 0 Å². The summed E-state index contributed by atoms with van der Waals surface area (Å²) in [5.74, 6) is 0. The molecule has 0 bridgehead atoms. The van der Waals surface area contributed by atoms with Crippen LogP contribution in [0.15, 0.2) is 180 Å². The molecule has 3 heteroatoms. The molecule has 2 heterocycles. The molecule has 0 aliphatic carbocycles. The van der Waals surface area contributed by atoms with Crippen LogP contribution in [0.3, 0.4) is 0 Å². The molecule has 49 heavy (non-hydrogen) atoms. The molecule has 10 rings (SSSR count). The van der Waals surface area contributed by atoms with E-state index in [2.05, 4.69) is 181 Å². The van der Waals surface area contributed by atoms with Crippen molar-refractivity contribution < 1.29 is 4.42 Å². The number of rotatable bonds is 5. The number of anilines is 3. The van der Waals surface area contributed by atoms with Gasteiger partial charge in [-0.05, 0) is 82.2 Å². The first kappa shape index (κ1) is 27.9. The van der Waals surface area contributed by atoms with Crippen LogP contribution in [-0.2, 0) is 0 Å². The number of hydrogen-bond donors (Lipinski definition) is 0. The third-order valence-corrected chi connectivity index (χ3v) is 10.8. The Labute approximate surface area is 287 Å². The molecule has 0 saturated heterocycles. The van der Waals surface area contributed by atoms with Crippen molar-refractivity contribution in [2.24, 2.45) is 0 Å². The predicted octanol–water partition coefficient (Wildman–Crippen LogP) is 13.9. The number of nitrogens with zero attached hydrogens (tertiary/aromatic N) is 1. The summed E-state index contributed by atoms with van der Waals surface area (Å²) < 4.78 is 9.10. The molecule has 230 valence electrons. The minimum atomic E-state index is 0.906. The number of benzene rings is 8. The SMILES string of the molecule is c1ccc(-c2cccc(N(c3ccc(-c4cccc5oc6c7ccccc7ccc6c45)cc3)c3ccc4c(c3)sc3ccccc34)c2)cc1. The van der Waals surface area contributed by atoms with Gasteiger partial charge in [-0.1, -0.05) is 121 Å². The van der Waals surface area contributed by atoms with E-state index in [9.17, 15) is 0 Å². The Morgan fingerprint density at radius 3 is 2.00 bits per heavy atom. The van der Waals surface area contributed by atoms with Crippen molar-refractivity contribution >= 4 is 81.3 Å². The third-order valence-electron chi connectivity index (χ3n) is 9.66. The van der Waals surface area contributed by atoms with E-state index in [1.54, 1.807) is 0 Å². The fourth-order valence-corrected chi connectivity index (χ4v) is 8.48. The van der Waals surface area contributed by atoms with Gasteiger partial charge in [0.25, 0.3) is 0 Å². The minimum absolute atomic E-state index is 0.906. The molecule has 0 spiro atoms. The summed E-state index contributed by atoms with van der Waals surface area (Å²) in [6.45, 7) is 0. The van der Waals surface area contributed by atoms with Gasteiger partial charge in [-0.25, -0.2) is 0 Å². The first-order valence-electron chi connectivity index (χ1n) is 16.6. The van der Waals surface area contributed by atoms with Gasteiger partial charge in [0, 0.05) is 53.4 Å². The van der Waals surface area contributed by atoms with Crippen molar-refractivity contribution in [3.05, 3.63) is 176 Å². The van der Waals surface area contributed by atoms with E-state index < -0.39 is 0 Å². The lowest BCUT2D eigenvalue weighted by atomic mass is 9.98. The van der Waals surface area contributed by atoms with Gasteiger partial charge in [0.05, 0.1) is 0 Å². The second kappa shape index (κ2) is 11.2. The second-order valence-electron chi connectivity index (χ2n) is 12.5. The molecule has 0 unspecified atom stereocenters. The van der Waals surface area contributed by atoms with E-state index >= 15 is 0 Å². The molecule has 2 aromatic heterocycles. The Hall–Kier alpha value is -6.16. The summed E-state index contributed by atoms with van der Waals surface area (Å²) in [4.78, 5) is 2.38. The van der Waals surface area contributed by atoms with E-state index in [4.69, 9.17) is 4.42 Å². The van der Waals surface area contributed by atoms with Crippen LogP contribution in [0.25, 0.3) is 75.1 Å². The Kier molecular flexibility index (Phi) is 6.39. The van der Waals surface area contributed by atoms with Crippen molar-refractivity contribution in [2.45, 2.75) is 0 Å². The summed E-state index contributed by atoms with van der Waals surface area (Å²) in [5.41, 5.74) is 9.91. The second-order valence-corrected chi connectivity index (χ2v) is 13.6. The highest BCUT2D eigenvalue weighted by molar-refractivity contribution is 7.25. The smallest absolute Gasteiger partial charge is 0.143 e. The number of thiophene rings is 1. The Balaban J connectivity index is 1.12. The Bertz CT molecular complexity index is 2830. The zero-order valence-electron chi connectivity index (χ0n) is 26.5. The van der Waals surface area contributed by atoms with E-state index in [0.29, 0.717) is 0 Å². The quantitative estimate of drug-likeness (QED) is 0.186. The summed E-state index contributed by atoms with van der Waals surface area (Å²) in [6.07, 6.45) is 0. The largest absolute Gasteiger partial charge is 0.455 e. The average molecular weight is 644 g/mol. The normalized spacial score (nSPS) is 11.7. The van der Waals surface area contributed by atoms with E-state index in [-0.39, 0.29) is 0 Å². The highest BCUT2D eigenvalue weighted by Gasteiger charge is 2.18. The van der Waals surface area contributed by atoms with Gasteiger partial charge in [0.15, 0.2) is 0 Å². The summed E-state index contributed by atoms with van der Waals surface area (Å²) in [6, 6.07) is 63.2. The third kappa shape index (κ3) is 4.62. The van der Waals surface area contributed by atoms with Gasteiger partial charge >= 0.3 is 0 Å². The van der Waals surface area contributed by atoms with Crippen LogP contribution in [-0.4, -0.2) is 0 Å². The van der Waals surface area contributed by atoms with Gasteiger partial charge in [-0.3, -0.25) is 0 Å². The van der Waals surface area contributed by atoms with Crippen molar-refractivity contribution in [1.82, 2.24) is 0 Å². The Morgan fingerprint density at radius 1 is 0.408 bits per heavy atom.